The van der Waals surface area contributed by atoms with Gasteiger partial charge in [0.15, 0.2) is 6.61 Å². The minimum Gasteiger partial charge on any atom is -0.482 e. The molecule has 19 heavy (non-hydrogen) atoms. The number of benzene rings is 1. The third kappa shape index (κ3) is 4.57. The maximum Gasteiger partial charge on any atom is 0.258 e. The lowest BCUT2D eigenvalue weighted by Crippen LogP contribution is -2.29. The molecule has 0 aliphatic heterocycles. The Bertz CT molecular complexity index is 619. The van der Waals surface area contributed by atoms with E-state index >= 15 is 0 Å². The third-order valence-corrected chi connectivity index (χ3v) is 3.06. The predicted molar refractivity (Wildman–Crippen MR) is 66.7 cm³/mol. The van der Waals surface area contributed by atoms with Crippen molar-refractivity contribution in [2.45, 2.75) is 11.8 Å². The lowest BCUT2D eigenvalue weighted by Gasteiger charge is -2.10. The molecule has 8 heteroatoms. The van der Waals surface area contributed by atoms with Crippen LogP contribution >= 0.6 is 0 Å². The fraction of sp³-hybridized carbons (Fsp3) is 0.273. The van der Waals surface area contributed by atoms with E-state index in [0.717, 1.165) is 0 Å². The average Bonchev–Trinajstić information content (AvgIpc) is 2.33. The fourth-order valence-electron chi connectivity index (χ4n) is 1.29. The first-order valence-corrected chi connectivity index (χ1v) is 6.79. The molecular weight excluding hydrogens is 270 g/mol. The SMILES string of the molecule is Cc1ccc(OCC(=O)NCC#N)c(S(N)(=O)=O)c1. The van der Waals surface area contributed by atoms with Gasteiger partial charge in [-0.05, 0) is 24.6 Å². The molecule has 1 aromatic carbocycles. The zero-order valence-electron chi connectivity index (χ0n) is 10.2. The Kier molecular flexibility index (Phi) is 4.86. The smallest absolute Gasteiger partial charge is 0.258 e. The summed E-state index contributed by atoms with van der Waals surface area (Å²) in [4.78, 5) is 11.1. The number of primary sulfonamides is 1. The van der Waals surface area contributed by atoms with Crippen molar-refractivity contribution in [3.05, 3.63) is 23.8 Å². The molecule has 0 saturated heterocycles. The molecule has 0 radical (unpaired) electrons. The number of ether oxygens (including phenoxy) is 1. The van der Waals surface area contributed by atoms with Crippen LogP contribution in [0.4, 0.5) is 0 Å². The number of nitrogens with zero attached hydrogens (tertiary/aromatic N) is 1. The summed E-state index contributed by atoms with van der Waals surface area (Å²) < 4.78 is 27.9. The molecule has 0 atom stereocenters. The second-order valence-electron chi connectivity index (χ2n) is 3.72. The minimum atomic E-state index is -3.93. The van der Waals surface area contributed by atoms with Gasteiger partial charge in [-0.15, -0.1) is 0 Å². The van der Waals surface area contributed by atoms with Crippen molar-refractivity contribution >= 4 is 15.9 Å². The second-order valence-corrected chi connectivity index (χ2v) is 5.25. The normalized spacial score (nSPS) is 10.6. The highest BCUT2D eigenvalue weighted by atomic mass is 32.2. The number of sulfonamides is 1. The van der Waals surface area contributed by atoms with Crippen LogP contribution in [0, 0.1) is 18.3 Å². The van der Waals surface area contributed by atoms with Gasteiger partial charge in [0.1, 0.15) is 17.2 Å². The van der Waals surface area contributed by atoms with Crippen LogP contribution in [0.5, 0.6) is 5.75 Å². The van der Waals surface area contributed by atoms with E-state index in [2.05, 4.69) is 5.32 Å². The Morgan fingerprint density at radius 3 is 2.79 bits per heavy atom. The zero-order chi connectivity index (χ0) is 14.5. The van der Waals surface area contributed by atoms with Crippen LogP contribution < -0.4 is 15.2 Å². The van der Waals surface area contributed by atoms with Gasteiger partial charge in [0.2, 0.25) is 10.0 Å². The predicted octanol–water partition coefficient (Wildman–Crippen LogP) is -0.339. The summed E-state index contributed by atoms with van der Waals surface area (Å²) in [6.07, 6.45) is 0. The van der Waals surface area contributed by atoms with Crippen molar-refractivity contribution in [1.29, 1.82) is 5.26 Å². The Morgan fingerprint density at radius 1 is 1.53 bits per heavy atom. The molecule has 3 N–H and O–H groups in total. The highest BCUT2D eigenvalue weighted by Crippen LogP contribution is 2.23. The monoisotopic (exact) mass is 283 g/mol. The van der Waals surface area contributed by atoms with Crippen LogP contribution in [-0.4, -0.2) is 27.5 Å². The number of rotatable bonds is 5. The fourth-order valence-corrected chi connectivity index (χ4v) is 2.05. The molecule has 1 amide bonds. The van der Waals surface area contributed by atoms with Gasteiger partial charge in [-0.25, -0.2) is 13.6 Å². The maximum absolute atomic E-state index is 11.4. The number of hydrogen-bond acceptors (Lipinski definition) is 5. The summed E-state index contributed by atoms with van der Waals surface area (Å²) >= 11 is 0. The summed E-state index contributed by atoms with van der Waals surface area (Å²) in [6.45, 7) is 1.17. The van der Waals surface area contributed by atoms with Crippen molar-refractivity contribution < 1.29 is 17.9 Å². The first-order valence-electron chi connectivity index (χ1n) is 5.24. The molecule has 0 fully saturated rings. The van der Waals surface area contributed by atoms with Gasteiger partial charge in [-0.2, -0.15) is 5.26 Å². The zero-order valence-corrected chi connectivity index (χ0v) is 11.0. The lowest BCUT2D eigenvalue weighted by atomic mass is 10.2. The van der Waals surface area contributed by atoms with Crippen molar-refractivity contribution in [3.8, 4) is 11.8 Å². The number of nitrogens with one attached hydrogen (secondary N) is 1. The second kappa shape index (κ2) is 6.17. The summed E-state index contributed by atoms with van der Waals surface area (Å²) in [6, 6.07) is 6.15. The molecule has 1 aromatic rings. The molecule has 0 aromatic heterocycles. The lowest BCUT2D eigenvalue weighted by molar-refractivity contribution is -0.122. The summed E-state index contributed by atoms with van der Waals surface area (Å²) in [7, 11) is -3.93. The topological polar surface area (TPSA) is 122 Å². The highest BCUT2D eigenvalue weighted by Gasteiger charge is 2.16. The van der Waals surface area contributed by atoms with Crippen LogP contribution in [-0.2, 0) is 14.8 Å². The number of carbonyl (C=O) groups is 1. The van der Waals surface area contributed by atoms with Gasteiger partial charge in [-0.1, -0.05) is 6.07 Å². The third-order valence-electron chi connectivity index (χ3n) is 2.13. The standard InChI is InChI=1S/C11H13N3O4S/c1-8-2-3-9(10(6-8)19(13,16)17)18-7-11(15)14-5-4-12/h2-3,6H,5,7H2,1H3,(H,14,15)(H2,13,16,17). The van der Waals surface area contributed by atoms with Crippen LogP contribution in [0.2, 0.25) is 0 Å². The molecule has 7 nitrogen and oxygen atoms in total. The summed E-state index contributed by atoms with van der Waals surface area (Å²) in [5.74, 6) is -0.525. The molecule has 1 rings (SSSR count). The van der Waals surface area contributed by atoms with E-state index in [1.807, 2.05) is 0 Å². The van der Waals surface area contributed by atoms with Gasteiger partial charge >= 0.3 is 0 Å². The number of aryl methyl sites for hydroxylation is 1. The van der Waals surface area contributed by atoms with Crippen molar-refractivity contribution in [2.75, 3.05) is 13.2 Å². The molecule has 0 aliphatic carbocycles. The van der Waals surface area contributed by atoms with Crippen molar-refractivity contribution in [2.24, 2.45) is 5.14 Å². The molecular formula is C11H13N3O4S. The van der Waals surface area contributed by atoms with Crippen molar-refractivity contribution in [1.82, 2.24) is 5.32 Å². The number of nitrogens with two attached hydrogens (primary N) is 1. The summed E-state index contributed by atoms with van der Waals surface area (Å²) in [5, 5.41) is 15.6. The largest absolute Gasteiger partial charge is 0.482 e. The first kappa shape index (κ1) is 14.9. The molecule has 0 aliphatic rings. The highest BCUT2D eigenvalue weighted by molar-refractivity contribution is 7.89. The Labute approximate surface area is 111 Å². The van der Waals surface area contributed by atoms with Gasteiger partial charge in [-0.3, -0.25) is 4.79 Å². The molecule has 0 spiro atoms. The van der Waals surface area contributed by atoms with E-state index in [9.17, 15) is 13.2 Å². The van der Waals surface area contributed by atoms with Gasteiger partial charge in [0.05, 0.1) is 6.07 Å². The van der Waals surface area contributed by atoms with Crippen molar-refractivity contribution in [3.63, 3.8) is 0 Å². The molecule has 0 bridgehead atoms. The van der Waals surface area contributed by atoms with Crippen LogP contribution in [0.1, 0.15) is 5.56 Å². The number of carbonyl (C=O) groups excluding carboxylic acids is 1. The van der Waals surface area contributed by atoms with Gasteiger partial charge < -0.3 is 10.1 Å². The number of hydrogen-bond donors (Lipinski definition) is 2. The van der Waals surface area contributed by atoms with Crippen LogP contribution in [0.15, 0.2) is 23.1 Å². The first-order chi connectivity index (χ1) is 8.84. The van der Waals surface area contributed by atoms with Gasteiger partial charge in [0.25, 0.3) is 5.91 Å². The molecule has 0 unspecified atom stereocenters. The van der Waals surface area contributed by atoms with E-state index in [1.165, 1.54) is 12.1 Å². The summed E-state index contributed by atoms with van der Waals surface area (Å²) in [5.41, 5.74) is 0.699. The van der Waals surface area contributed by atoms with Gasteiger partial charge in [0, 0.05) is 0 Å². The molecule has 102 valence electrons. The van der Waals surface area contributed by atoms with Crippen LogP contribution in [0.25, 0.3) is 0 Å². The average molecular weight is 283 g/mol. The van der Waals surface area contributed by atoms with E-state index < -0.39 is 22.5 Å². The number of amides is 1. The van der Waals surface area contributed by atoms with E-state index in [4.69, 9.17) is 15.1 Å². The quantitative estimate of drug-likeness (QED) is 0.716. The van der Waals surface area contributed by atoms with E-state index in [1.54, 1.807) is 19.1 Å². The molecule has 0 saturated carbocycles. The minimum absolute atomic E-state index is 0.000192. The molecule has 0 heterocycles. The van der Waals surface area contributed by atoms with E-state index in [-0.39, 0.29) is 17.2 Å². The Balaban J connectivity index is 2.85. The maximum atomic E-state index is 11.4. The Hall–Kier alpha value is -2.11. The van der Waals surface area contributed by atoms with Crippen LogP contribution in [0.3, 0.4) is 0 Å². The Morgan fingerprint density at radius 2 is 2.21 bits per heavy atom. The van der Waals surface area contributed by atoms with E-state index in [0.29, 0.717) is 5.56 Å². The number of nitriles is 1.